The number of hydrogen-bond acceptors (Lipinski definition) is 4. The summed E-state index contributed by atoms with van der Waals surface area (Å²) >= 11 is 5.97. The maximum Gasteiger partial charge on any atom is 0.255 e. The zero-order chi connectivity index (χ0) is 17.7. The zero-order valence-corrected chi connectivity index (χ0v) is 14.5. The molecular formula is C17H20ClN3O3. The number of halogens is 1. The summed E-state index contributed by atoms with van der Waals surface area (Å²) in [5.41, 5.74) is 0.329. The molecule has 1 saturated carbocycles. The van der Waals surface area contributed by atoms with Crippen LogP contribution in [0.5, 0.6) is 5.75 Å². The van der Waals surface area contributed by atoms with Crippen LogP contribution < -0.4 is 10.1 Å². The lowest BCUT2D eigenvalue weighted by molar-refractivity contribution is -0.133. The lowest BCUT2D eigenvalue weighted by Gasteiger charge is -2.32. The molecule has 2 rings (SSSR count). The summed E-state index contributed by atoms with van der Waals surface area (Å²) in [6.07, 6.45) is 5.01. The fraction of sp³-hybridized carbons (Fsp3) is 0.471. The van der Waals surface area contributed by atoms with Gasteiger partial charge in [0.25, 0.3) is 5.91 Å². The molecule has 1 aromatic rings. The molecule has 128 valence electrons. The lowest BCUT2D eigenvalue weighted by Crippen LogP contribution is -2.48. The smallest absolute Gasteiger partial charge is 0.255 e. The van der Waals surface area contributed by atoms with Crippen molar-refractivity contribution in [2.24, 2.45) is 5.92 Å². The van der Waals surface area contributed by atoms with E-state index in [1.807, 2.05) is 6.19 Å². The Morgan fingerprint density at radius 1 is 1.38 bits per heavy atom. The molecule has 0 radical (unpaired) electrons. The largest absolute Gasteiger partial charge is 0.496 e. The third-order valence-electron chi connectivity index (χ3n) is 4.29. The highest BCUT2D eigenvalue weighted by Gasteiger charge is 2.34. The Morgan fingerprint density at radius 3 is 2.75 bits per heavy atom. The minimum Gasteiger partial charge on any atom is -0.496 e. The first kappa shape index (κ1) is 18.1. The van der Waals surface area contributed by atoms with Gasteiger partial charge >= 0.3 is 0 Å². The maximum absolute atomic E-state index is 12.6. The molecule has 1 N–H and O–H groups in total. The van der Waals surface area contributed by atoms with E-state index in [-0.39, 0.29) is 17.9 Å². The van der Waals surface area contributed by atoms with Crippen LogP contribution in [-0.2, 0) is 4.79 Å². The highest BCUT2D eigenvalue weighted by molar-refractivity contribution is 6.31. The van der Waals surface area contributed by atoms with E-state index in [0.717, 1.165) is 17.7 Å². The van der Waals surface area contributed by atoms with Crippen LogP contribution in [0.2, 0.25) is 5.02 Å². The summed E-state index contributed by atoms with van der Waals surface area (Å²) < 4.78 is 5.20. The van der Waals surface area contributed by atoms with Crippen molar-refractivity contribution in [1.29, 1.82) is 5.26 Å². The van der Waals surface area contributed by atoms with Crippen molar-refractivity contribution < 1.29 is 14.3 Å². The molecule has 0 bridgehead atoms. The summed E-state index contributed by atoms with van der Waals surface area (Å²) in [5.74, 6) is -0.568. The fourth-order valence-corrected chi connectivity index (χ4v) is 3.17. The molecule has 0 aliphatic heterocycles. The summed E-state index contributed by atoms with van der Waals surface area (Å²) in [6, 6.07) is 4.51. The van der Waals surface area contributed by atoms with E-state index in [9.17, 15) is 9.59 Å². The third kappa shape index (κ3) is 3.98. The minimum atomic E-state index is -0.391. The Morgan fingerprint density at radius 2 is 2.08 bits per heavy atom. The van der Waals surface area contributed by atoms with Gasteiger partial charge in [0.15, 0.2) is 6.19 Å². The van der Waals surface area contributed by atoms with E-state index in [1.165, 1.54) is 20.2 Å². The Hall–Kier alpha value is -2.26. The van der Waals surface area contributed by atoms with E-state index in [4.69, 9.17) is 21.6 Å². The van der Waals surface area contributed by atoms with E-state index in [1.54, 1.807) is 12.1 Å². The summed E-state index contributed by atoms with van der Waals surface area (Å²) in [5, 5.41) is 12.3. The van der Waals surface area contributed by atoms with Crippen LogP contribution in [0.25, 0.3) is 0 Å². The molecule has 1 aliphatic carbocycles. The van der Waals surface area contributed by atoms with Crippen LogP contribution in [-0.4, -0.2) is 36.9 Å². The number of ether oxygens (including phenoxy) is 1. The number of nitrogens with zero attached hydrogens (tertiary/aromatic N) is 2. The first-order chi connectivity index (χ1) is 11.5. The van der Waals surface area contributed by atoms with Crippen molar-refractivity contribution >= 4 is 23.4 Å². The molecule has 24 heavy (non-hydrogen) atoms. The number of carbonyl (C=O) groups excluding carboxylic acids is 2. The van der Waals surface area contributed by atoms with Gasteiger partial charge in [-0.25, -0.2) is 0 Å². The predicted octanol–water partition coefficient (Wildman–Crippen LogP) is 2.58. The number of hydrogen-bond donors (Lipinski definition) is 1. The molecular weight excluding hydrogens is 330 g/mol. The highest BCUT2D eigenvalue weighted by atomic mass is 35.5. The maximum atomic E-state index is 12.6. The number of amides is 2. The van der Waals surface area contributed by atoms with Crippen molar-refractivity contribution in [1.82, 2.24) is 10.2 Å². The lowest BCUT2D eigenvalue weighted by atomic mass is 9.83. The van der Waals surface area contributed by atoms with Crippen LogP contribution in [0.4, 0.5) is 0 Å². The number of carbonyl (C=O) groups is 2. The van der Waals surface area contributed by atoms with Gasteiger partial charge in [0.05, 0.1) is 18.6 Å². The third-order valence-corrected chi connectivity index (χ3v) is 4.52. The molecule has 1 aliphatic rings. The first-order valence-corrected chi connectivity index (χ1v) is 8.17. The van der Waals surface area contributed by atoms with Gasteiger partial charge in [-0.2, -0.15) is 5.26 Å². The normalized spacial score (nSPS) is 19.9. The molecule has 0 heterocycles. The van der Waals surface area contributed by atoms with Crippen LogP contribution in [0.15, 0.2) is 18.2 Å². The number of methoxy groups -OCH3 is 1. The van der Waals surface area contributed by atoms with Gasteiger partial charge in [-0.05, 0) is 31.0 Å². The quantitative estimate of drug-likeness (QED) is 0.669. The van der Waals surface area contributed by atoms with Crippen molar-refractivity contribution in [2.45, 2.75) is 31.7 Å². The highest BCUT2D eigenvalue weighted by Crippen LogP contribution is 2.28. The van der Waals surface area contributed by atoms with E-state index in [0.29, 0.717) is 29.2 Å². The molecule has 2 atom stereocenters. The van der Waals surface area contributed by atoms with Crippen molar-refractivity contribution in [3.63, 3.8) is 0 Å². The van der Waals surface area contributed by atoms with Crippen LogP contribution >= 0.6 is 11.6 Å². The molecule has 1 aromatic carbocycles. The summed E-state index contributed by atoms with van der Waals surface area (Å²) in [7, 11) is 2.92. The van der Waals surface area contributed by atoms with Crippen molar-refractivity contribution in [3.8, 4) is 11.9 Å². The van der Waals surface area contributed by atoms with Gasteiger partial charge in [-0.1, -0.05) is 24.4 Å². The van der Waals surface area contributed by atoms with Crippen molar-refractivity contribution in [3.05, 3.63) is 28.8 Å². The first-order valence-electron chi connectivity index (χ1n) is 7.79. The van der Waals surface area contributed by atoms with Crippen molar-refractivity contribution in [2.75, 3.05) is 14.2 Å². The standard InChI is InChI=1S/C17H20ClN3O3/c1-21(10-19)17(23)12-5-3-4-6-14(12)20-16(22)13-9-11(18)7-8-15(13)24-2/h7-9,12,14H,3-6H2,1-2H3,(H,20,22). The van der Waals surface area contributed by atoms with Crippen LogP contribution in [0, 0.1) is 17.4 Å². The van der Waals surface area contributed by atoms with Crippen LogP contribution in [0.1, 0.15) is 36.0 Å². The number of nitrogens with one attached hydrogen (secondary N) is 1. The Bertz CT molecular complexity index is 672. The molecule has 2 unspecified atom stereocenters. The summed E-state index contributed by atoms with van der Waals surface area (Å²) in [4.78, 5) is 26.0. The van der Waals surface area contributed by atoms with E-state index in [2.05, 4.69) is 5.32 Å². The van der Waals surface area contributed by atoms with E-state index < -0.39 is 5.92 Å². The second kappa shape index (κ2) is 8.02. The molecule has 2 amide bonds. The van der Waals surface area contributed by atoms with Gasteiger partial charge in [-0.15, -0.1) is 0 Å². The molecule has 1 fully saturated rings. The van der Waals surface area contributed by atoms with Gasteiger partial charge in [0.2, 0.25) is 5.91 Å². The van der Waals surface area contributed by atoms with Gasteiger partial charge in [0, 0.05) is 18.1 Å². The van der Waals surface area contributed by atoms with E-state index >= 15 is 0 Å². The Labute approximate surface area is 146 Å². The second-order valence-corrected chi connectivity index (χ2v) is 6.25. The molecule has 0 saturated heterocycles. The topological polar surface area (TPSA) is 82.4 Å². The zero-order valence-electron chi connectivity index (χ0n) is 13.7. The predicted molar refractivity (Wildman–Crippen MR) is 89.6 cm³/mol. The number of benzene rings is 1. The number of nitriles is 1. The summed E-state index contributed by atoms with van der Waals surface area (Å²) in [6.45, 7) is 0. The number of rotatable bonds is 4. The minimum absolute atomic E-state index is 0.263. The Balaban J connectivity index is 2.18. The molecule has 0 aromatic heterocycles. The fourth-order valence-electron chi connectivity index (χ4n) is 3.00. The van der Waals surface area contributed by atoms with Crippen LogP contribution in [0.3, 0.4) is 0 Å². The van der Waals surface area contributed by atoms with Gasteiger partial charge < -0.3 is 10.1 Å². The average molecular weight is 350 g/mol. The van der Waals surface area contributed by atoms with Gasteiger partial charge in [-0.3, -0.25) is 14.5 Å². The second-order valence-electron chi connectivity index (χ2n) is 5.81. The Kier molecular flexibility index (Phi) is 6.04. The molecule has 6 nitrogen and oxygen atoms in total. The molecule has 0 spiro atoms. The average Bonchev–Trinajstić information content (AvgIpc) is 2.60. The SMILES string of the molecule is COc1ccc(Cl)cc1C(=O)NC1CCCCC1C(=O)N(C)C#N. The van der Waals surface area contributed by atoms with Gasteiger partial charge in [0.1, 0.15) is 5.75 Å². The molecule has 7 heteroatoms. The monoisotopic (exact) mass is 349 g/mol.